The molecular formula is C18H29N3O2. The molecule has 0 aliphatic carbocycles. The predicted octanol–water partition coefficient (Wildman–Crippen LogP) is 2.36. The van der Waals surface area contributed by atoms with Crippen molar-refractivity contribution in [1.82, 2.24) is 10.6 Å². The molecule has 1 aliphatic heterocycles. The zero-order chi connectivity index (χ0) is 16.3. The number of rotatable bonds is 9. The molecule has 128 valence electrons. The third kappa shape index (κ3) is 6.10. The summed E-state index contributed by atoms with van der Waals surface area (Å²) < 4.78 is 11.0. The van der Waals surface area contributed by atoms with E-state index in [1.165, 1.54) is 12.0 Å². The van der Waals surface area contributed by atoms with E-state index < -0.39 is 0 Å². The summed E-state index contributed by atoms with van der Waals surface area (Å²) in [5.74, 6) is 1.88. The van der Waals surface area contributed by atoms with Crippen LogP contribution in [0, 0.1) is 0 Å². The summed E-state index contributed by atoms with van der Waals surface area (Å²) >= 11 is 0. The van der Waals surface area contributed by atoms with E-state index in [9.17, 15) is 0 Å². The van der Waals surface area contributed by atoms with Crippen LogP contribution in [0.25, 0.3) is 0 Å². The molecule has 0 fully saturated rings. The molecule has 0 aromatic heterocycles. The lowest BCUT2D eigenvalue weighted by Gasteiger charge is -2.13. The number of fused-ring (bicyclic) bond motifs is 1. The van der Waals surface area contributed by atoms with E-state index in [0.29, 0.717) is 6.54 Å². The molecule has 0 bridgehead atoms. The van der Waals surface area contributed by atoms with E-state index in [0.717, 1.165) is 50.7 Å². The van der Waals surface area contributed by atoms with Crippen LogP contribution in [0.1, 0.15) is 31.7 Å². The Labute approximate surface area is 139 Å². The van der Waals surface area contributed by atoms with Crippen LogP contribution in [-0.4, -0.2) is 45.4 Å². The van der Waals surface area contributed by atoms with Crippen LogP contribution >= 0.6 is 0 Å². The first-order valence-electron chi connectivity index (χ1n) is 8.59. The predicted molar refractivity (Wildman–Crippen MR) is 94.3 cm³/mol. The van der Waals surface area contributed by atoms with E-state index >= 15 is 0 Å². The second kappa shape index (κ2) is 10.1. The van der Waals surface area contributed by atoms with Gasteiger partial charge in [0.05, 0.1) is 6.54 Å². The number of para-hydroxylation sites is 1. The van der Waals surface area contributed by atoms with Gasteiger partial charge in [0.25, 0.3) is 0 Å². The van der Waals surface area contributed by atoms with Crippen molar-refractivity contribution < 1.29 is 9.47 Å². The third-order valence-corrected chi connectivity index (χ3v) is 3.83. The summed E-state index contributed by atoms with van der Waals surface area (Å²) in [5, 5.41) is 6.67. The van der Waals surface area contributed by atoms with Crippen molar-refractivity contribution in [3.8, 4) is 5.75 Å². The number of nitrogens with one attached hydrogen (secondary N) is 2. The van der Waals surface area contributed by atoms with Gasteiger partial charge in [0.2, 0.25) is 0 Å². The van der Waals surface area contributed by atoms with E-state index in [1.807, 2.05) is 12.1 Å². The molecule has 1 unspecified atom stereocenters. The molecule has 0 amide bonds. The Balaban J connectivity index is 1.72. The number of unbranched alkanes of at least 4 members (excludes halogenated alkanes) is 2. The molecule has 5 nitrogen and oxygen atoms in total. The van der Waals surface area contributed by atoms with E-state index in [2.05, 4.69) is 34.7 Å². The molecule has 2 N–H and O–H groups in total. The minimum atomic E-state index is 0.143. The quantitative estimate of drug-likeness (QED) is 0.417. The highest BCUT2D eigenvalue weighted by molar-refractivity contribution is 5.79. The van der Waals surface area contributed by atoms with Crippen molar-refractivity contribution in [2.75, 3.05) is 33.4 Å². The minimum absolute atomic E-state index is 0.143. The smallest absolute Gasteiger partial charge is 0.191 e. The molecule has 1 aromatic rings. The summed E-state index contributed by atoms with van der Waals surface area (Å²) in [4.78, 5) is 4.66. The van der Waals surface area contributed by atoms with Gasteiger partial charge < -0.3 is 20.1 Å². The van der Waals surface area contributed by atoms with Gasteiger partial charge in [-0.2, -0.15) is 0 Å². The molecule has 0 radical (unpaired) electrons. The van der Waals surface area contributed by atoms with Gasteiger partial charge in [-0.3, -0.25) is 0 Å². The fourth-order valence-corrected chi connectivity index (χ4v) is 2.65. The van der Waals surface area contributed by atoms with Crippen molar-refractivity contribution in [3.05, 3.63) is 29.8 Å². The van der Waals surface area contributed by atoms with Gasteiger partial charge in [-0.1, -0.05) is 18.2 Å². The average molecular weight is 319 g/mol. The zero-order valence-corrected chi connectivity index (χ0v) is 14.3. The van der Waals surface area contributed by atoms with Gasteiger partial charge in [-0.05, 0) is 37.8 Å². The Hall–Kier alpha value is -1.75. The van der Waals surface area contributed by atoms with Crippen LogP contribution in [0.5, 0.6) is 5.75 Å². The van der Waals surface area contributed by atoms with Crippen molar-refractivity contribution in [2.24, 2.45) is 4.99 Å². The Kier molecular flexibility index (Phi) is 7.73. The van der Waals surface area contributed by atoms with Crippen molar-refractivity contribution in [1.29, 1.82) is 0 Å². The van der Waals surface area contributed by atoms with Crippen LogP contribution in [0.15, 0.2) is 29.3 Å². The first kappa shape index (κ1) is 17.6. The van der Waals surface area contributed by atoms with Gasteiger partial charge in [-0.15, -0.1) is 0 Å². The molecule has 0 saturated carbocycles. The summed E-state index contributed by atoms with van der Waals surface area (Å²) in [6.45, 7) is 5.39. The lowest BCUT2D eigenvalue weighted by atomic mass is 10.1. The Bertz CT molecular complexity index is 466. The van der Waals surface area contributed by atoms with Crippen LogP contribution in [0.4, 0.5) is 0 Å². The maximum Gasteiger partial charge on any atom is 0.191 e. The maximum absolute atomic E-state index is 5.93. The van der Waals surface area contributed by atoms with Crippen molar-refractivity contribution in [2.45, 2.75) is 38.7 Å². The fourth-order valence-electron chi connectivity index (χ4n) is 2.65. The number of aliphatic imine (C=N–C) groups is 1. The van der Waals surface area contributed by atoms with Crippen LogP contribution in [0.2, 0.25) is 0 Å². The molecule has 23 heavy (non-hydrogen) atoms. The molecule has 5 heteroatoms. The molecule has 1 atom stereocenters. The van der Waals surface area contributed by atoms with Crippen LogP contribution < -0.4 is 15.4 Å². The standard InChI is InChI=1S/C18H29N3O2/c1-3-19-18(20-11-7-4-8-12-22-2)21-14-16-13-15-9-5-6-10-17(15)23-16/h5-6,9-10,16H,3-4,7-8,11-14H2,1-2H3,(H2,19,20,21). The molecule has 1 aromatic carbocycles. The number of methoxy groups -OCH3 is 1. The number of guanidine groups is 1. The average Bonchev–Trinajstić information content (AvgIpc) is 2.98. The van der Waals surface area contributed by atoms with E-state index in [1.54, 1.807) is 7.11 Å². The van der Waals surface area contributed by atoms with Gasteiger partial charge in [-0.25, -0.2) is 4.99 Å². The minimum Gasteiger partial charge on any atom is -0.488 e. The first-order valence-corrected chi connectivity index (χ1v) is 8.59. The van der Waals surface area contributed by atoms with Gasteiger partial charge in [0, 0.05) is 33.2 Å². The summed E-state index contributed by atoms with van der Waals surface area (Å²) in [6, 6.07) is 8.23. The summed E-state index contributed by atoms with van der Waals surface area (Å²) in [7, 11) is 1.75. The molecule has 1 aliphatic rings. The molecule has 0 spiro atoms. The third-order valence-electron chi connectivity index (χ3n) is 3.83. The second-order valence-electron chi connectivity index (χ2n) is 5.75. The topological polar surface area (TPSA) is 54.9 Å². The highest BCUT2D eigenvalue weighted by Gasteiger charge is 2.21. The van der Waals surface area contributed by atoms with Crippen molar-refractivity contribution in [3.63, 3.8) is 0 Å². The molecule has 0 saturated heterocycles. The highest BCUT2D eigenvalue weighted by atomic mass is 16.5. The number of ether oxygens (including phenoxy) is 2. The molecular weight excluding hydrogens is 290 g/mol. The van der Waals surface area contributed by atoms with Crippen LogP contribution in [-0.2, 0) is 11.2 Å². The maximum atomic E-state index is 5.93. The number of hydrogen-bond acceptors (Lipinski definition) is 3. The van der Waals surface area contributed by atoms with Gasteiger partial charge >= 0.3 is 0 Å². The SMILES string of the molecule is CCNC(=NCC1Cc2ccccc2O1)NCCCCCOC. The lowest BCUT2D eigenvalue weighted by molar-refractivity contribution is 0.192. The monoisotopic (exact) mass is 319 g/mol. The fraction of sp³-hybridized carbons (Fsp3) is 0.611. The van der Waals surface area contributed by atoms with Gasteiger partial charge in [0.1, 0.15) is 11.9 Å². The Morgan fingerprint density at radius 3 is 2.91 bits per heavy atom. The van der Waals surface area contributed by atoms with E-state index in [-0.39, 0.29) is 6.10 Å². The zero-order valence-electron chi connectivity index (χ0n) is 14.3. The largest absolute Gasteiger partial charge is 0.488 e. The lowest BCUT2D eigenvalue weighted by Crippen LogP contribution is -2.38. The second-order valence-corrected chi connectivity index (χ2v) is 5.75. The summed E-state index contributed by atoms with van der Waals surface area (Å²) in [5.41, 5.74) is 1.28. The normalized spacial score (nSPS) is 16.8. The number of hydrogen-bond donors (Lipinski definition) is 2. The van der Waals surface area contributed by atoms with Crippen molar-refractivity contribution >= 4 is 5.96 Å². The first-order chi connectivity index (χ1) is 11.3. The molecule has 2 rings (SSSR count). The number of nitrogens with zero attached hydrogens (tertiary/aromatic N) is 1. The molecule has 1 heterocycles. The number of benzene rings is 1. The van der Waals surface area contributed by atoms with E-state index in [4.69, 9.17) is 9.47 Å². The van der Waals surface area contributed by atoms with Gasteiger partial charge in [0.15, 0.2) is 5.96 Å². The Morgan fingerprint density at radius 2 is 2.13 bits per heavy atom. The highest BCUT2D eigenvalue weighted by Crippen LogP contribution is 2.28. The Morgan fingerprint density at radius 1 is 1.26 bits per heavy atom. The summed E-state index contributed by atoms with van der Waals surface area (Å²) in [6.07, 6.45) is 4.49. The van der Waals surface area contributed by atoms with Crippen LogP contribution in [0.3, 0.4) is 0 Å².